The number of nitrogens with one attached hydrogen (secondary N) is 1. The number of rotatable bonds is 2. The molecule has 0 bridgehead atoms. The van der Waals surface area contributed by atoms with Crippen LogP contribution < -0.4 is 10.1 Å². The Morgan fingerprint density at radius 1 is 1.17 bits per heavy atom. The van der Waals surface area contributed by atoms with Gasteiger partial charge in [0.05, 0.1) is 24.5 Å². The summed E-state index contributed by atoms with van der Waals surface area (Å²) in [6, 6.07) is 3.24. The summed E-state index contributed by atoms with van der Waals surface area (Å²) in [4.78, 5) is 25.9. The zero-order chi connectivity index (χ0) is 26.7. The van der Waals surface area contributed by atoms with Crippen LogP contribution in [0, 0.1) is 0 Å². The molecule has 1 aromatic rings. The average molecular weight is 504 g/mol. The van der Waals surface area contributed by atoms with E-state index < -0.39 is 47.9 Å². The molecule has 1 amide bonds. The number of fused-ring (bicyclic) bond motifs is 2. The molecule has 9 nitrogen and oxygen atoms in total. The maximum atomic E-state index is 13.3. The lowest BCUT2D eigenvalue weighted by Gasteiger charge is -2.22. The van der Waals surface area contributed by atoms with Crippen molar-refractivity contribution in [3.05, 3.63) is 41.5 Å². The summed E-state index contributed by atoms with van der Waals surface area (Å²) in [6.07, 6.45) is 4.70. The highest BCUT2D eigenvalue weighted by molar-refractivity contribution is 6.03. The highest BCUT2D eigenvalue weighted by Crippen LogP contribution is 2.34. The first-order valence-corrected chi connectivity index (χ1v) is 12.1. The van der Waals surface area contributed by atoms with E-state index in [-0.39, 0.29) is 11.3 Å². The van der Waals surface area contributed by atoms with E-state index in [1.165, 1.54) is 7.11 Å². The van der Waals surface area contributed by atoms with E-state index in [1.807, 2.05) is 6.08 Å². The fourth-order valence-electron chi connectivity index (χ4n) is 4.10. The molecule has 1 saturated heterocycles. The van der Waals surface area contributed by atoms with Crippen LogP contribution in [0.3, 0.4) is 0 Å². The Morgan fingerprint density at radius 2 is 1.89 bits per heavy atom. The topological polar surface area (TPSA) is 113 Å². The van der Waals surface area contributed by atoms with Crippen LogP contribution in [0.4, 0.5) is 10.5 Å². The molecule has 9 heteroatoms. The summed E-state index contributed by atoms with van der Waals surface area (Å²) < 4.78 is 28.5. The second kappa shape index (κ2) is 11.0. The third-order valence-electron chi connectivity index (χ3n) is 5.55. The van der Waals surface area contributed by atoms with Crippen LogP contribution in [-0.4, -0.2) is 60.1 Å². The molecule has 0 aromatic heterocycles. The number of carbonyl (C=O) groups excluding carboxylic acids is 2. The van der Waals surface area contributed by atoms with Crippen LogP contribution in [-0.2, 0) is 18.9 Å². The Morgan fingerprint density at radius 3 is 2.56 bits per heavy atom. The SMILES string of the molecule is COc1cc2c(c(NC(=O)OC(C)(C)C)c1)C(=O)O[C@@H](C)CC=CC(O)[C@H]1OC(C)(C)O[C@H]1CC=C2. The Kier molecular flexibility index (Phi) is 8.48. The molecule has 2 N–H and O–H groups in total. The minimum atomic E-state index is -0.881. The van der Waals surface area contributed by atoms with E-state index >= 15 is 0 Å². The molecule has 1 aromatic carbocycles. The second-order valence-electron chi connectivity index (χ2n) is 10.4. The summed E-state index contributed by atoms with van der Waals surface area (Å²) in [5.41, 5.74) is 0.142. The first kappa shape index (κ1) is 27.7. The van der Waals surface area contributed by atoms with Crippen molar-refractivity contribution in [1.82, 2.24) is 0 Å². The van der Waals surface area contributed by atoms with Gasteiger partial charge in [0.15, 0.2) is 5.79 Å². The molecule has 1 fully saturated rings. The molecule has 0 radical (unpaired) electrons. The molecular weight excluding hydrogens is 466 g/mol. The predicted molar refractivity (Wildman–Crippen MR) is 135 cm³/mol. The van der Waals surface area contributed by atoms with Gasteiger partial charge in [-0.1, -0.05) is 24.3 Å². The quantitative estimate of drug-likeness (QED) is 0.436. The monoisotopic (exact) mass is 503 g/mol. The van der Waals surface area contributed by atoms with Gasteiger partial charge in [0.2, 0.25) is 0 Å². The molecular formula is C27H37NO8. The van der Waals surface area contributed by atoms with Crippen LogP contribution in [0.25, 0.3) is 6.08 Å². The molecule has 2 aliphatic rings. The van der Waals surface area contributed by atoms with Crippen LogP contribution in [0.1, 0.15) is 70.3 Å². The van der Waals surface area contributed by atoms with Crippen molar-refractivity contribution in [1.29, 1.82) is 0 Å². The Balaban J connectivity index is 2.04. The number of amides is 1. The van der Waals surface area contributed by atoms with Gasteiger partial charge < -0.3 is 28.8 Å². The highest BCUT2D eigenvalue weighted by atomic mass is 16.8. The smallest absolute Gasteiger partial charge is 0.412 e. The lowest BCUT2D eigenvalue weighted by atomic mass is 10.0. The lowest BCUT2D eigenvalue weighted by molar-refractivity contribution is -0.152. The number of methoxy groups -OCH3 is 1. The van der Waals surface area contributed by atoms with Crippen LogP contribution in [0.2, 0.25) is 0 Å². The molecule has 0 saturated carbocycles. The lowest BCUT2D eigenvalue weighted by Crippen LogP contribution is -2.34. The number of ether oxygens (including phenoxy) is 5. The number of esters is 1. The molecule has 2 heterocycles. The standard InChI is InChI=1S/C27H37NO8/c1-16-10-8-12-20(29)23-21(34-27(5,6)35-23)13-9-11-17-14-18(32-7)15-19(22(17)24(30)33-16)28-25(31)36-26(2,3)4/h8-9,11-12,14-16,20-21,23,29H,10,13H2,1-7H3,(H,28,31)/t16-,20?,21-,23+/m0/s1. The van der Waals surface area contributed by atoms with Gasteiger partial charge in [0.1, 0.15) is 29.7 Å². The molecule has 0 spiro atoms. The minimum absolute atomic E-state index is 0.173. The van der Waals surface area contributed by atoms with E-state index in [0.29, 0.717) is 24.2 Å². The molecule has 4 atom stereocenters. The number of cyclic esters (lactones) is 1. The largest absolute Gasteiger partial charge is 0.497 e. The minimum Gasteiger partial charge on any atom is -0.497 e. The van der Waals surface area contributed by atoms with Crippen molar-refractivity contribution >= 4 is 23.8 Å². The van der Waals surface area contributed by atoms with E-state index in [0.717, 1.165) is 0 Å². The van der Waals surface area contributed by atoms with Gasteiger partial charge in [-0.3, -0.25) is 5.32 Å². The number of hydrogen-bond donors (Lipinski definition) is 2. The zero-order valence-corrected chi connectivity index (χ0v) is 22.0. The van der Waals surface area contributed by atoms with E-state index in [2.05, 4.69) is 5.32 Å². The second-order valence-corrected chi connectivity index (χ2v) is 10.4. The third kappa shape index (κ3) is 7.32. The van der Waals surface area contributed by atoms with Gasteiger partial charge in [-0.05, 0) is 59.6 Å². The van der Waals surface area contributed by atoms with Gasteiger partial charge in [-0.25, -0.2) is 9.59 Å². The summed E-state index contributed by atoms with van der Waals surface area (Å²) in [5, 5.41) is 13.4. The molecule has 198 valence electrons. The summed E-state index contributed by atoms with van der Waals surface area (Å²) >= 11 is 0. The number of aliphatic hydroxyl groups excluding tert-OH is 1. The Bertz CT molecular complexity index is 1020. The maximum absolute atomic E-state index is 13.3. The van der Waals surface area contributed by atoms with Crippen molar-refractivity contribution in [2.75, 3.05) is 12.4 Å². The van der Waals surface area contributed by atoms with Crippen LogP contribution in [0.15, 0.2) is 30.4 Å². The number of anilines is 1. The Hall–Kier alpha value is -2.88. The first-order chi connectivity index (χ1) is 16.8. The average Bonchev–Trinajstić information content (AvgIpc) is 3.05. The third-order valence-corrected chi connectivity index (χ3v) is 5.55. The number of carbonyl (C=O) groups is 2. The highest BCUT2D eigenvalue weighted by Gasteiger charge is 2.43. The molecule has 0 aliphatic carbocycles. The van der Waals surface area contributed by atoms with Crippen molar-refractivity contribution in [2.24, 2.45) is 0 Å². The fourth-order valence-corrected chi connectivity index (χ4v) is 4.10. The Labute approximate surface area is 212 Å². The molecule has 2 aliphatic heterocycles. The zero-order valence-electron chi connectivity index (χ0n) is 22.0. The van der Waals surface area contributed by atoms with Crippen molar-refractivity contribution < 1.29 is 38.4 Å². The van der Waals surface area contributed by atoms with Crippen molar-refractivity contribution in [3.63, 3.8) is 0 Å². The normalized spacial score (nSPS) is 26.3. The van der Waals surface area contributed by atoms with Gasteiger partial charge in [0, 0.05) is 12.5 Å². The van der Waals surface area contributed by atoms with Gasteiger partial charge in [-0.15, -0.1) is 0 Å². The van der Waals surface area contributed by atoms with Crippen molar-refractivity contribution in [3.8, 4) is 5.75 Å². The first-order valence-electron chi connectivity index (χ1n) is 12.1. The predicted octanol–water partition coefficient (Wildman–Crippen LogP) is 4.83. The molecule has 1 unspecified atom stereocenters. The molecule has 36 heavy (non-hydrogen) atoms. The van der Waals surface area contributed by atoms with Gasteiger partial charge in [-0.2, -0.15) is 0 Å². The summed E-state index contributed by atoms with van der Waals surface area (Å²) in [7, 11) is 1.50. The van der Waals surface area contributed by atoms with Crippen LogP contribution >= 0.6 is 0 Å². The van der Waals surface area contributed by atoms with E-state index in [1.54, 1.807) is 71.9 Å². The summed E-state index contributed by atoms with van der Waals surface area (Å²) in [6.45, 7) is 10.6. The molecule has 3 rings (SSSR count). The number of benzene rings is 1. The number of aliphatic hydroxyl groups is 1. The van der Waals surface area contributed by atoms with Crippen LogP contribution in [0.5, 0.6) is 5.75 Å². The summed E-state index contributed by atoms with van der Waals surface area (Å²) in [5.74, 6) is -1.02. The van der Waals surface area contributed by atoms with E-state index in [4.69, 9.17) is 23.7 Å². The maximum Gasteiger partial charge on any atom is 0.412 e. The van der Waals surface area contributed by atoms with Gasteiger partial charge in [0.25, 0.3) is 0 Å². The van der Waals surface area contributed by atoms with Crippen molar-refractivity contribution in [2.45, 2.75) is 90.2 Å². The number of hydrogen-bond acceptors (Lipinski definition) is 8. The fraction of sp³-hybridized carbons (Fsp3) is 0.556. The van der Waals surface area contributed by atoms with E-state index in [9.17, 15) is 14.7 Å². The van der Waals surface area contributed by atoms with Gasteiger partial charge >= 0.3 is 12.1 Å².